The summed E-state index contributed by atoms with van der Waals surface area (Å²) in [5, 5.41) is 7.63. The van der Waals surface area contributed by atoms with Gasteiger partial charge in [-0.2, -0.15) is 0 Å². The lowest BCUT2D eigenvalue weighted by Gasteiger charge is -2.01. The molecule has 0 saturated heterocycles. The second-order valence-corrected chi connectivity index (χ2v) is 4.99. The molecule has 0 saturated carbocycles. The number of rotatable bonds is 4. The number of thiophene rings is 1. The van der Waals surface area contributed by atoms with Crippen LogP contribution in [0.15, 0.2) is 18.3 Å². The van der Waals surface area contributed by atoms with Gasteiger partial charge in [-0.05, 0) is 18.6 Å². The van der Waals surface area contributed by atoms with Crippen LogP contribution in [0, 0.1) is 0 Å². The Hall–Kier alpha value is -1.20. The molecule has 4 nitrogen and oxygen atoms in total. The maximum absolute atomic E-state index is 12.1. The average molecular weight is 256 g/mol. The van der Waals surface area contributed by atoms with Gasteiger partial charge in [0.05, 0.1) is 15.4 Å². The fraction of sp³-hybridized carbons (Fsp3) is 0.300. The van der Waals surface area contributed by atoms with Crippen LogP contribution >= 0.6 is 22.9 Å². The predicted molar refractivity (Wildman–Crippen MR) is 63.1 cm³/mol. The molecule has 0 bridgehead atoms. The van der Waals surface area contributed by atoms with Crippen LogP contribution < -0.4 is 0 Å². The van der Waals surface area contributed by atoms with Crippen molar-refractivity contribution < 1.29 is 4.79 Å². The number of aryl methyl sites for hydroxylation is 1. The van der Waals surface area contributed by atoms with Crippen LogP contribution in [0.25, 0.3) is 0 Å². The minimum Gasteiger partial charge on any atom is -0.286 e. The Morgan fingerprint density at radius 1 is 1.56 bits per heavy atom. The van der Waals surface area contributed by atoms with Crippen LogP contribution in [0.3, 0.4) is 0 Å². The average Bonchev–Trinajstić information content (AvgIpc) is 2.87. The van der Waals surface area contributed by atoms with E-state index >= 15 is 0 Å². The lowest BCUT2D eigenvalue weighted by Crippen LogP contribution is -2.10. The van der Waals surface area contributed by atoms with Crippen LogP contribution in [-0.2, 0) is 6.54 Å². The zero-order chi connectivity index (χ0) is 11.5. The van der Waals surface area contributed by atoms with E-state index in [1.54, 1.807) is 16.8 Å². The van der Waals surface area contributed by atoms with Gasteiger partial charge in [0.15, 0.2) is 0 Å². The summed E-state index contributed by atoms with van der Waals surface area (Å²) in [7, 11) is 0. The van der Waals surface area contributed by atoms with Gasteiger partial charge in [0.2, 0.25) is 5.78 Å². The van der Waals surface area contributed by atoms with Crippen molar-refractivity contribution in [3.05, 3.63) is 33.2 Å². The number of ketones is 1. The number of hydrogen-bond acceptors (Lipinski definition) is 4. The first-order chi connectivity index (χ1) is 7.72. The molecule has 0 aliphatic rings. The number of halogens is 1. The van der Waals surface area contributed by atoms with Crippen molar-refractivity contribution in [1.82, 2.24) is 15.0 Å². The number of hydrogen-bond donors (Lipinski definition) is 0. The third kappa shape index (κ3) is 2.15. The highest BCUT2D eigenvalue weighted by atomic mass is 35.5. The van der Waals surface area contributed by atoms with E-state index < -0.39 is 0 Å². The molecule has 0 N–H and O–H groups in total. The summed E-state index contributed by atoms with van der Waals surface area (Å²) in [4.78, 5) is 12.7. The van der Waals surface area contributed by atoms with Gasteiger partial charge in [-0.1, -0.05) is 23.7 Å². The largest absolute Gasteiger partial charge is 0.286 e. The molecular formula is C10H10ClN3OS. The predicted octanol–water partition coefficient (Wildman–Crippen LogP) is 2.63. The van der Waals surface area contributed by atoms with Crippen LogP contribution in [0.1, 0.15) is 28.7 Å². The van der Waals surface area contributed by atoms with Crippen molar-refractivity contribution >= 4 is 28.7 Å². The first kappa shape index (κ1) is 11.3. The molecular weight excluding hydrogens is 246 g/mol. The molecule has 2 rings (SSSR count). The Labute approximate surface area is 102 Å². The summed E-state index contributed by atoms with van der Waals surface area (Å²) >= 11 is 7.06. The molecule has 16 heavy (non-hydrogen) atoms. The van der Waals surface area contributed by atoms with E-state index in [0.29, 0.717) is 21.5 Å². The zero-order valence-corrected chi connectivity index (χ0v) is 10.3. The summed E-state index contributed by atoms with van der Waals surface area (Å²) in [5.74, 6) is -0.0737. The van der Waals surface area contributed by atoms with Gasteiger partial charge in [-0.25, -0.2) is 4.68 Å². The molecule has 0 fully saturated rings. The number of carbonyl (C=O) groups is 1. The van der Waals surface area contributed by atoms with Gasteiger partial charge in [-0.3, -0.25) is 4.79 Å². The van der Waals surface area contributed by atoms with Crippen LogP contribution in [0.5, 0.6) is 0 Å². The zero-order valence-electron chi connectivity index (χ0n) is 8.68. The minimum absolute atomic E-state index is 0.0737. The van der Waals surface area contributed by atoms with Crippen molar-refractivity contribution in [1.29, 1.82) is 0 Å². The van der Waals surface area contributed by atoms with E-state index in [1.165, 1.54) is 17.5 Å². The summed E-state index contributed by atoms with van der Waals surface area (Å²) in [5.41, 5.74) is 0.514. The standard InChI is InChI=1S/C10H10ClN3OS/c1-2-5-14-7(6-12-13-14)10(15)8-3-4-9(11)16-8/h3-4,6H,2,5H2,1H3. The second-order valence-electron chi connectivity index (χ2n) is 3.28. The van der Waals surface area contributed by atoms with Crippen molar-refractivity contribution in [2.24, 2.45) is 0 Å². The maximum atomic E-state index is 12.1. The van der Waals surface area contributed by atoms with E-state index in [4.69, 9.17) is 11.6 Å². The van der Waals surface area contributed by atoms with Crippen molar-refractivity contribution in [3.63, 3.8) is 0 Å². The van der Waals surface area contributed by atoms with Crippen LogP contribution in [0.4, 0.5) is 0 Å². The number of aromatic nitrogens is 3. The van der Waals surface area contributed by atoms with E-state index in [9.17, 15) is 4.79 Å². The Balaban J connectivity index is 2.30. The lowest BCUT2D eigenvalue weighted by atomic mass is 10.2. The van der Waals surface area contributed by atoms with Crippen molar-refractivity contribution in [2.45, 2.75) is 19.9 Å². The molecule has 0 radical (unpaired) electrons. The summed E-state index contributed by atoms with van der Waals surface area (Å²) in [6.45, 7) is 2.72. The highest BCUT2D eigenvalue weighted by Crippen LogP contribution is 2.23. The molecule has 84 valence electrons. The van der Waals surface area contributed by atoms with Crippen LogP contribution in [0.2, 0.25) is 4.34 Å². The first-order valence-corrected chi connectivity index (χ1v) is 6.10. The SMILES string of the molecule is CCCn1nncc1C(=O)c1ccc(Cl)s1. The van der Waals surface area contributed by atoms with Crippen molar-refractivity contribution in [2.75, 3.05) is 0 Å². The van der Waals surface area contributed by atoms with E-state index in [0.717, 1.165) is 6.42 Å². The molecule has 0 aliphatic carbocycles. The van der Waals surface area contributed by atoms with Gasteiger partial charge in [-0.15, -0.1) is 16.4 Å². The molecule has 0 aromatic carbocycles. The van der Waals surface area contributed by atoms with Gasteiger partial charge >= 0.3 is 0 Å². The quantitative estimate of drug-likeness (QED) is 0.789. The van der Waals surface area contributed by atoms with Gasteiger partial charge in [0, 0.05) is 6.54 Å². The van der Waals surface area contributed by atoms with Crippen molar-refractivity contribution in [3.8, 4) is 0 Å². The summed E-state index contributed by atoms with van der Waals surface area (Å²) in [6, 6.07) is 3.44. The van der Waals surface area contributed by atoms with Gasteiger partial charge in [0.25, 0.3) is 0 Å². The summed E-state index contributed by atoms with van der Waals surface area (Å²) in [6.07, 6.45) is 2.40. The van der Waals surface area contributed by atoms with E-state index in [-0.39, 0.29) is 5.78 Å². The maximum Gasteiger partial charge on any atom is 0.222 e. The van der Waals surface area contributed by atoms with E-state index in [2.05, 4.69) is 10.3 Å². The highest BCUT2D eigenvalue weighted by Gasteiger charge is 2.16. The monoisotopic (exact) mass is 255 g/mol. The molecule has 0 spiro atoms. The second kappa shape index (κ2) is 4.76. The first-order valence-electron chi connectivity index (χ1n) is 4.91. The molecule has 2 aromatic heterocycles. The van der Waals surface area contributed by atoms with Gasteiger partial charge in [0.1, 0.15) is 5.69 Å². The fourth-order valence-corrected chi connectivity index (χ4v) is 2.36. The number of carbonyl (C=O) groups excluding carboxylic acids is 1. The third-order valence-electron chi connectivity index (χ3n) is 2.08. The number of nitrogens with zero attached hydrogens (tertiary/aromatic N) is 3. The summed E-state index contributed by atoms with van der Waals surface area (Å²) < 4.78 is 2.23. The van der Waals surface area contributed by atoms with E-state index in [1.807, 2.05) is 6.92 Å². The molecule has 6 heteroatoms. The Morgan fingerprint density at radius 3 is 3.00 bits per heavy atom. The normalized spacial score (nSPS) is 10.6. The third-order valence-corrected chi connectivity index (χ3v) is 3.31. The molecule has 0 atom stereocenters. The molecule has 2 aromatic rings. The fourth-order valence-electron chi connectivity index (χ4n) is 1.37. The smallest absolute Gasteiger partial charge is 0.222 e. The molecule has 0 aliphatic heterocycles. The Morgan fingerprint density at radius 2 is 2.38 bits per heavy atom. The lowest BCUT2D eigenvalue weighted by molar-refractivity contribution is 0.103. The molecule has 0 unspecified atom stereocenters. The molecule has 0 amide bonds. The van der Waals surface area contributed by atoms with Crippen LogP contribution in [-0.4, -0.2) is 20.8 Å². The molecule has 2 heterocycles. The van der Waals surface area contributed by atoms with Gasteiger partial charge < -0.3 is 0 Å². The topological polar surface area (TPSA) is 47.8 Å². The Kier molecular flexibility index (Phi) is 3.36. The Bertz CT molecular complexity index is 506. The minimum atomic E-state index is -0.0737. The highest BCUT2D eigenvalue weighted by molar-refractivity contribution is 7.18.